The number of hydrogen-bond donors (Lipinski definition) is 0. The lowest BCUT2D eigenvalue weighted by atomic mass is 9.96. The summed E-state index contributed by atoms with van der Waals surface area (Å²) in [6.45, 7) is 0. The van der Waals surface area contributed by atoms with E-state index in [4.69, 9.17) is 5.26 Å². The zero-order chi connectivity index (χ0) is 12.8. The Bertz CT molecular complexity index is 594. The van der Waals surface area contributed by atoms with E-state index >= 15 is 0 Å². The van der Waals surface area contributed by atoms with Gasteiger partial charge in [-0.2, -0.15) is 5.26 Å². The molecule has 0 bridgehead atoms. The van der Waals surface area contributed by atoms with E-state index in [2.05, 4.69) is 34.1 Å². The Morgan fingerprint density at radius 3 is 2.44 bits per heavy atom. The Kier molecular flexibility index (Phi) is 4.33. The summed E-state index contributed by atoms with van der Waals surface area (Å²) in [6, 6.07) is 20.3. The van der Waals surface area contributed by atoms with Crippen molar-refractivity contribution in [2.75, 3.05) is 0 Å². The van der Waals surface area contributed by atoms with Crippen LogP contribution in [0, 0.1) is 11.3 Å². The third-order valence-corrected chi connectivity index (χ3v) is 3.33. The van der Waals surface area contributed by atoms with Crippen LogP contribution in [0.5, 0.6) is 0 Å². The molecule has 0 aliphatic carbocycles. The van der Waals surface area contributed by atoms with Gasteiger partial charge in [0.1, 0.15) is 0 Å². The van der Waals surface area contributed by atoms with Gasteiger partial charge in [-0.3, -0.25) is 0 Å². The van der Waals surface area contributed by atoms with E-state index < -0.39 is 0 Å². The second kappa shape index (κ2) is 6.18. The molecule has 0 fully saturated rings. The van der Waals surface area contributed by atoms with Gasteiger partial charge in [0.25, 0.3) is 0 Å². The molecule has 0 radical (unpaired) electrons. The van der Waals surface area contributed by atoms with Crippen molar-refractivity contribution >= 4 is 21.5 Å². The first-order chi connectivity index (χ1) is 8.85. The van der Waals surface area contributed by atoms with Gasteiger partial charge in [-0.25, -0.2) is 0 Å². The van der Waals surface area contributed by atoms with Crippen LogP contribution in [0.3, 0.4) is 0 Å². The molecule has 2 rings (SSSR count). The number of allylic oxidation sites excluding steroid dienone is 1. The average molecular weight is 298 g/mol. The summed E-state index contributed by atoms with van der Waals surface area (Å²) < 4.78 is 0. The number of halogens is 1. The first-order valence-corrected chi connectivity index (χ1v) is 6.78. The van der Waals surface area contributed by atoms with Crippen LogP contribution >= 0.6 is 15.9 Å². The number of alkyl halides is 1. The van der Waals surface area contributed by atoms with Crippen LogP contribution in [-0.4, -0.2) is 0 Å². The molecule has 1 nitrogen and oxygen atoms in total. The van der Waals surface area contributed by atoms with Crippen LogP contribution in [0.25, 0.3) is 5.57 Å². The van der Waals surface area contributed by atoms with E-state index in [0.717, 1.165) is 22.0 Å². The van der Waals surface area contributed by atoms with Gasteiger partial charge in [0, 0.05) is 11.4 Å². The van der Waals surface area contributed by atoms with E-state index in [1.165, 1.54) is 5.56 Å². The fourth-order valence-corrected chi connectivity index (χ4v) is 2.19. The topological polar surface area (TPSA) is 23.8 Å². The number of nitrogens with zero attached hydrogens (tertiary/aromatic N) is 1. The van der Waals surface area contributed by atoms with Gasteiger partial charge in [0.15, 0.2) is 0 Å². The van der Waals surface area contributed by atoms with Crippen LogP contribution in [0.4, 0.5) is 0 Å². The fourth-order valence-electron chi connectivity index (χ4n) is 1.84. The second-order valence-electron chi connectivity index (χ2n) is 3.89. The molecular formula is C16H12BrN. The molecule has 2 aromatic rings. The van der Waals surface area contributed by atoms with Gasteiger partial charge < -0.3 is 0 Å². The summed E-state index contributed by atoms with van der Waals surface area (Å²) in [5.74, 6) is 0. The van der Waals surface area contributed by atoms with Crippen LogP contribution in [-0.2, 0) is 5.33 Å². The molecule has 0 unspecified atom stereocenters. The molecule has 0 aliphatic rings. The third kappa shape index (κ3) is 2.88. The molecule has 0 saturated carbocycles. The van der Waals surface area contributed by atoms with Crippen LogP contribution < -0.4 is 0 Å². The van der Waals surface area contributed by atoms with Gasteiger partial charge in [-0.1, -0.05) is 70.5 Å². The highest BCUT2D eigenvalue weighted by molar-refractivity contribution is 9.08. The maximum atomic E-state index is 8.95. The highest BCUT2D eigenvalue weighted by Crippen LogP contribution is 2.24. The summed E-state index contributed by atoms with van der Waals surface area (Å²) >= 11 is 3.45. The molecule has 0 saturated heterocycles. The van der Waals surface area contributed by atoms with Gasteiger partial charge in [-0.15, -0.1) is 0 Å². The van der Waals surface area contributed by atoms with E-state index in [9.17, 15) is 0 Å². The van der Waals surface area contributed by atoms with E-state index in [1.54, 1.807) is 6.08 Å². The predicted octanol–water partition coefficient (Wildman–Crippen LogP) is 4.54. The second-order valence-corrected chi connectivity index (χ2v) is 4.45. The predicted molar refractivity (Wildman–Crippen MR) is 78.2 cm³/mol. The van der Waals surface area contributed by atoms with Crippen molar-refractivity contribution < 1.29 is 0 Å². The zero-order valence-electron chi connectivity index (χ0n) is 9.81. The summed E-state index contributed by atoms with van der Waals surface area (Å²) in [6.07, 6.45) is 1.60. The van der Waals surface area contributed by atoms with E-state index in [0.29, 0.717) is 0 Å². The monoisotopic (exact) mass is 297 g/mol. The molecule has 2 heteroatoms. The minimum Gasteiger partial charge on any atom is -0.193 e. The molecule has 0 amide bonds. The van der Waals surface area contributed by atoms with Gasteiger partial charge in [0.05, 0.1) is 6.07 Å². The van der Waals surface area contributed by atoms with Crippen molar-refractivity contribution in [2.24, 2.45) is 0 Å². The molecule has 2 aromatic carbocycles. The molecule has 0 spiro atoms. The molecule has 0 aromatic heterocycles. The minimum atomic E-state index is 0.815. The van der Waals surface area contributed by atoms with Crippen molar-refractivity contribution in [2.45, 2.75) is 5.33 Å². The maximum Gasteiger partial charge on any atom is 0.0918 e. The first kappa shape index (κ1) is 12.6. The lowest BCUT2D eigenvalue weighted by Gasteiger charge is -2.08. The molecule has 0 heterocycles. The number of benzene rings is 2. The van der Waals surface area contributed by atoms with Crippen molar-refractivity contribution in [3.05, 3.63) is 77.4 Å². The smallest absolute Gasteiger partial charge is 0.0918 e. The highest BCUT2D eigenvalue weighted by Gasteiger charge is 2.05. The average Bonchev–Trinajstić information content (AvgIpc) is 2.46. The van der Waals surface area contributed by atoms with Crippen molar-refractivity contribution in [3.63, 3.8) is 0 Å². The largest absolute Gasteiger partial charge is 0.193 e. The lowest BCUT2D eigenvalue weighted by Crippen LogP contribution is -1.89. The summed E-state index contributed by atoms with van der Waals surface area (Å²) in [7, 11) is 0. The van der Waals surface area contributed by atoms with Gasteiger partial charge in [0.2, 0.25) is 0 Å². The Labute approximate surface area is 116 Å². The number of rotatable bonds is 3. The number of hydrogen-bond acceptors (Lipinski definition) is 1. The first-order valence-electron chi connectivity index (χ1n) is 5.65. The molecule has 88 valence electrons. The Morgan fingerprint density at radius 2 is 1.78 bits per heavy atom. The Morgan fingerprint density at radius 1 is 1.06 bits per heavy atom. The van der Waals surface area contributed by atoms with E-state index in [1.807, 2.05) is 42.5 Å². The van der Waals surface area contributed by atoms with Crippen molar-refractivity contribution in [1.82, 2.24) is 0 Å². The molecule has 18 heavy (non-hydrogen) atoms. The summed E-state index contributed by atoms with van der Waals surface area (Å²) in [5.41, 5.74) is 4.29. The summed E-state index contributed by atoms with van der Waals surface area (Å²) in [4.78, 5) is 0. The van der Waals surface area contributed by atoms with Gasteiger partial charge in [-0.05, 0) is 22.3 Å². The third-order valence-electron chi connectivity index (χ3n) is 2.69. The summed E-state index contributed by atoms with van der Waals surface area (Å²) in [5, 5.41) is 9.77. The molecule has 0 N–H and O–H groups in total. The zero-order valence-corrected chi connectivity index (χ0v) is 11.4. The van der Waals surface area contributed by atoms with Crippen LogP contribution in [0.2, 0.25) is 0 Å². The highest BCUT2D eigenvalue weighted by atomic mass is 79.9. The van der Waals surface area contributed by atoms with E-state index in [-0.39, 0.29) is 0 Å². The van der Waals surface area contributed by atoms with Crippen LogP contribution in [0.15, 0.2) is 60.7 Å². The maximum absolute atomic E-state index is 8.95. The Balaban J connectivity index is 2.50. The number of nitriles is 1. The lowest BCUT2D eigenvalue weighted by molar-refractivity contribution is 1.41. The molecule has 0 atom stereocenters. The SMILES string of the molecule is N#CC=C(c1ccccc1)c1cccc(CBr)c1. The minimum absolute atomic E-state index is 0.815. The van der Waals surface area contributed by atoms with Crippen LogP contribution in [0.1, 0.15) is 16.7 Å². The standard InChI is InChI=1S/C16H12BrN/c17-12-13-5-4-8-15(11-13)16(9-10-18)14-6-2-1-3-7-14/h1-9,11H,12H2. The van der Waals surface area contributed by atoms with Crippen molar-refractivity contribution in [1.29, 1.82) is 5.26 Å². The van der Waals surface area contributed by atoms with Gasteiger partial charge >= 0.3 is 0 Å². The fraction of sp³-hybridized carbons (Fsp3) is 0.0625. The van der Waals surface area contributed by atoms with Crippen molar-refractivity contribution in [3.8, 4) is 6.07 Å². The molecular weight excluding hydrogens is 286 g/mol. The normalized spacial score (nSPS) is 11.0. The Hall–Kier alpha value is -1.85. The molecule has 0 aliphatic heterocycles. The quantitative estimate of drug-likeness (QED) is 0.603.